The maximum absolute atomic E-state index is 12.1. The third-order valence-electron chi connectivity index (χ3n) is 4.30. The molecule has 0 atom stereocenters. The molecule has 0 aliphatic carbocycles. The summed E-state index contributed by atoms with van der Waals surface area (Å²) in [5.41, 5.74) is 5.00. The van der Waals surface area contributed by atoms with E-state index in [0.717, 1.165) is 10.0 Å². The lowest BCUT2D eigenvalue weighted by molar-refractivity contribution is -0.120. The van der Waals surface area contributed by atoms with Gasteiger partial charge in [-0.25, -0.2) is 10.2 Å². The molecular weight excluding hydrogens is 474 g/mol. The van der Waals surface area contributed by atoms with Crippen molar-refractivity contribution in [3.8, 4) is 5.75 Å². The molecule has 0 aliphatic rings. The van der Waals surface area contributed by atoms with Gasteiger partial charge in [-0.3, -0.25) is 9.59 Å². The highest BCUT2D eigenvalue weighted by molar-refractivity contribution is 9.10. The predicted octanol–water partition coefficient (Wildman–Crippen LogP) is 3.86. The molecule has 0 bridgehead atoms. The van der Waals surface area contributed by atoms with Gasteiger partial charge in [0.25, 0.3) is 11.8 Å². The zero-order valence-corrected chi connectivity index (χ0v) is 18.8. The molecule has 2 amide bonds. The van der Waals surface area contributed by atoms with E-state index in [4.69, 9.17) is 4.74 Å². The van der Waals surface area contributed by atoms with Crippen molar-refractivity contribution in [1.29, 1.82) is 0 Å². The molecule has 0 aromatic heterocycles. The van der Waals surface area contributed by atoms with Gasteiger partial charge in [0.2, 0.25) is 0 Å². The van der Waals surface area contributed by atoms with Gasteiger partial charge in [-0.1, -0.05) is 33.6 Å². The first-order valence-electron chi connectivity index (χ1n) is 9.65. The van der Waals surface area contributed by atoms with E-state index >= 15 is 0 Å². The number of aryl methyl sites for hydroxylation is 1. The first-order chi connectivity index (χ1) is 15.4. The van der Waals surface area contributed by atoms with Gasteiger partial charge in [0.15, 0.2) is 0 Å². The lowest BCUT2D eigenvalue weighted by atomic mass is 10.1. The van der Waals surface area contributed by atoms with Crippen LogP contribution in [0.1, 0.15) is 31.8 Å². The molecule has 162 valence electrons. The van der Waals surface area contributed by atoms with Crippen molar-refractivity contribution in [1.82, 2.24) is 10.7 Å². The normalized spacial score (nSPS) is 10.6. The highest BCUT2D eigenvalue weighted by Crippen LogP contribution is 2.15. The van der Waals surface area contributed by atoms with Crippen LogP contribution < -0.4 is 15.5 Å². The Morgan fingerprint density at radius 2 is 1.53 bits per heavy atom. The number of halogens is 1. The molecule has 8 heteroatoms. The average Bonchev–Trinajstić information content (AvgIpc) is 2.79. The van der Waals surface area contributed by atoms with Crippen LogP contribution in [0.2, 0.25) is 0 Å². The van der Waals surface area contributed by atoms with Crippen LogP contribution in [0.15, 0.2) is 82.4 Å². The highest BCUT2D eigenvalue weighted by Gasteiger charge is 2.09. The zero-order valence-electron chi connectivity index (χ0n) is 17.2. The molecule has 0 unspecified atom stereocenters. The molecule has 0 heterocycles. The van der Waals surface area contributed by atoms with Crippen LogP contribution in [0.4, 0.5) is 0 Å². The van der Waals surface area contributed by atoms with Crippen molar-refractivity contribution in [2.75, 3.05) is 6.54 Å². The number of benzene rings is 3. The van der Waals surface area contributed by atoms with Gasteiger partial charge in [-0.15, -0.1) is 0 Å². The van der Waals surface area contributed by atoms with Gasteiger partial charge < -0.3 is 10.1 Å². The van der Waals surface area contributed by atoms with Crippen molar-refractivity contribution in [2.24, 2.45) is 5.10 Å². The predicted molar refractivity (Wildman–Crippen MR) is 125 cm³/mol. The molecule has 0 aliphatic heterocycles. The highest BCUT2D eigenvalue weighted by atomic mass is 79.9. The number of hydrazone groups is 1. The van der Waals surface area contributed by atoms with Gasteiger partial charge in [0.1, 0.15) is 5.75 Å². The number of carbonyl (C=O) groups is 3. The van der Waals surface area contributed by atoms with Gasteiger partial charge in [0, 0.05) is 10.0 Å². The molecule has 3 rings (SSSR count). The lowest BCUT2D eigenvalue weighted by Crippen LogP contribution is -2.34. The van der Waals surface area contributed by atoms with Crippen molar-refractivity contribution >= 4 is 39.9 Å². The van der Waals surface area contributed by atoms with Crippen LogP contribution in [0, 0.1) is 6.92 Å². The number of rotatable bonds is 7. The fourth-order valence-corrected chi connectivity index (χ4v) is 2.82. The number of hydrogen-bond acceptors (Lipinski definition) is 5. The number of nitrogens with zero attached hydrogens (tertiary/aromatic N) is 1. The van der Waals surface area contributed by atoms with E-state index < -0.39 is 11.9 Å². The van der Waals surface area contributed by atoms with Crippen LogP contribution in [0.25, 0.3) is 0 Å². The van der Waals surface area contributed by atoms with Gasteiger partial charge in [-0.05, 0) is 73.2 Å². The van der Waals surface area contributed by atoms with Gasteiger partial charge >= 0.3 is 5.97 Å². The first kappa shape index (κ1) is 22.9. The van der Waals surface area contributed by atoms with Crippen LogP contribution >= 0.6 is 15.9 Å². The van der Waals surface area contributed by atoms with Crippen molar-refractivity contribution in [2.45, 2.75) is 6.92 Å². The topological polar surface area (TPSA) is 96.9 Å². The van der Waals surface area contributed by atoms with Crippen molar-refractivity contribution < 1.29 is 19.1 Å². The molecule has 0 saturated heterocycles. The molecule has 7 nitrogen and oxygen atoms in total. The van der Waals surface area contributed by atoms with Crippen LogP contribution in [0.3, 0.4) is 0 Å². The maximum Gasteiger partial charge on any atom is 0.343 e. The summed E-state index contributed by atoms with van der Waals surface area (Å²) in [6, 6.07) is 20.5. The van der Waals surface area contributed by atoms with E-state index in [-0.39, 0.29) is 12.5 Å². The number of esters is 1. The Morgan fingerprint density at radius 3 is 2.19 bits per heavy atom. The Morgan fingerprint density at radius 1 is 0.906 bits per heavy atom. The third-order valence-corrected chi connectivity index (χ3v) is 4.83. The fourth-order valence-electron chi connectivity index (χ4n) is 2.56. The second-order valence-electron chi connectivity index (χ2n) is 6.81. The minimum atomic E-state index is -0.459. The Balaban J connectivity index is 1.44. The van der Waals surface area contributed by atoms with Crippen molar-refractivity contribution in [3.05, 3.63) is 99.5 Å². The first-order valence-corrected chi connectivity index (χ1v) is 10.4. The molecule has 0 spiro atoms. The maximum atomic E-state index is 12.1. The SMILES string of the molecule is Cc1ccc(C(=O)NCC(=O)N/N=C/c2ccc(OC(=O)c3ccc(Br)cc3)cc2)cc1. The standard InChI is InChI=1S/C24H20BrN3O4/c1-16-2-6-18(7-3-16)23(30)26-15-22(29)28-27-14-17-4-12-21(13-5-17)32-24(31)19-8-10-20(25)11-9-19/h2-14H,15H2,1H3,(H,26,30)(H,28,29)/b27-14+. The minimum Gasteiger partial charge on any atom is -0.423 e. The number of hydrogen-bond donors (Lipinski definition) is 2. The van der Waals surface area contributed by atoms with Gasteiger partial charge in [0.05, 0.1) is 18.3 Å². The summed E-state index contributed by atoms with van der Waals surface area (Å²) in [5, 5.41) is 6.40. The van der Waals surface area contributed by atoms with Gasteiger partial charge in [-0.2, -0.15) is 5.10 Å². The Bertz CT molecular complexity index is 1130. The zero-order chi connectivity index (χ0) is 22.9. The number of nitrogens with one attached hydrogen (secondary N) is 2. The Hall–Kier alpha value is -3.78. The van der Waals surface area contributed by atoms with Crippen LogP contribution in [-0.2, 0) is 4.79 Å². The number of ether oxygens (including phenoxy) is 1. The molecular formula is C24H20BrN3O4. The second kappa shape index (κ2) is 11.0. The number of amides is 2. The third kappa shape index (κ3) is 6.88. The summed E-state index contributed by atoms with van der Waals surface area (Å²) in [6.07, 6.45) is 1.44. The van der Waals surface area contributed by atoms with E-state index in [1.54, 1.807) is 60.7 Å². The summed E-state index contributed by atoms with van der Waals surface area (Å²) in [4.78, 5) is 36.0. The molecule has 0 radical (unpaired) electrons. The Labute approximate surface area is 193 Å². The smallest absolute Gasteiger partial charge is 0.343 e. The van der Waals surface area contributed by atoms with Crippen molar-refractivity contribution in [3.63, 3.8) is 0 Å². The minimum absolute atomic E-state index is 0.199. The van der Waals surface area contributed by atoms with Crippen LogP contribution in [-0.4, -0.2) is 30.5 Å². The second-order valence-corrected chi connectivity index (χ2v) is 7.72. The molecule has 2 N–H and O–H groups in total. The monoisotopic (exact) mass is 493 g/mol. The summed E-state index contributed by atoms with van der Waals surface area (Å²) in [6.45, 7) is 1.73. The largest absolute Gasteiger partial charge is 0.423 e. The van der Waals surface area contributed by atoms with E-state index in [0.29, 0.717) is 22.4 Å². The van der Waals surface area contributed by atoms with Crippen LogP contribution in [0.5, 0.6) is 5.75 Å². The molecule has 3 aromatic carbocycles. The van der Waals surface area contributed by atoms with E-state index in [2.05, 4.69) is 31.8 Å². The molecule has 3 aromatic rings. The lowest BCUT2D eigenvalue weighted by Gasteiger charge is -2.05. The quantitative estimate of drug-likeness (QED) is 0.226. The summed E-state index contributed by atoms with van der Waals surface area (Å²) in [7, 11) is 0. The summed E-state index contributed by atoms with van der Waals surface area (Å²) in [5.74, 6) is -0.865. The Kier molecular flexibility index (Phi) is 7.88. The molecule has 0 fully saturated rings. The average molecular weight is 494 g/mol. The molecule has 0 saturated carbocycles. The summed E-state index contributed by atoms with van der Waals surface area (Å²) < 4.78 is 6.20. The van der Waals surface area contributed by atoms with E-state index in [9.17, 15) is 14.4 Å². The molecule has 32 heavy (non-hydrogen) atoms. The van der Waals surface area contributed by atoms with E-state index in [1.165, 1.54) is 6.21 Å². The fraction of sp³-hybridized carbons (Fsp3) is 0.0833. The number of carbonyl (C=O) groups excluding carboxylic acids is 3. The summed E-state index contributed by atoms with van der Waals surface area (Å²) >= 11 is 3.32. The van der Waals surface area contributed by atoms with E-state index in [1.807, 2.05) is 19.1 Å².